The topological polar surface area (TPSA) is 144 Å². The smallest absolute Gasteiger partial charge is 0.335 e. The van der Waals surface area contributed by atoms with Crippen LogP contribution in [-0.4, -0.2) is 67.8 Å². The lowest BCUT2D eigenvalue weighted by molar-refractivity contribution is -0.135. The molecule has 2 aromatic rings. The minimum atomic E-state index is -1.12. The van der Waals surface area contributed by atoms with Gasteiger partial charge in [-0.1, -0.05) is 36.7 Å². The molecule has 7 atom stereocenters. The number of allylic oxidation sites excluding steroid dienone is 1. The number of hydrogen-bond acceptors (Lipinski definition) is 7. The van der Waals surface area contributed by atoms with Crippen molar-refractivity contribution in [2.45, 2.75) is 50.6 Å². The number of aromatic carboxylic acids is 1. The molecule has 0 spiro atoms. The second kappa shape index (κ2) is 12.2. The van der Waals surface area contributed by atoms with Gasteiger partial charge >= 0.3 is 11.9 Å². The number of nitrogens with zero attached hydrogens (tertiary/aromatic N) is 1. The first-order chi connectivity index (χ1) is 19.9. The molecule has 3 aliphatic rings. The van der Waals surface area contributed by atoms with Gasteiger partial charge in [-0.15, -0.1) is 11.8 Å². The van der Waals surface area contributed by atoms with Gasteiger partial charge in [0.15, 0.2) is 0 Å². The van der Waals surface area contributed by atoms with Crippen molar-refractivity contribution in [3.63, 3.8) is 0 Å². The maximum absolute atomic E-state index is 13.6. The van der Waals surface area contributed by atoms with Crippen molar-refractivity contribution in [3.05, 3.63) is 75.2 Å². The molecule has 11 heteroatoms. The van der Waals surface area contributed by atoms with Crippen molar-refractivity contribution in [2.24, 2.45) is 23.7 Å². The summed E-state index contributed by atoms with van der Waals surface area (Å²) in [5.74, 6) is -4.42. The Kier molecular flexibility index (Phi) is 8.80. The quantitative estimate of drug-likeness (QED) is 0.321. The summed E-state index contributed by atoms with van der Waals surface area (Å²) in [6, 6.07) is 12.8. The number of anilines is 1. The number of aliphatic carboxylic acids is 1. The predicted molar refractivity (Wildman–Crippen MR) is 159 cm³/mol. The van der Waals surface area contributed by atoms with E-state index in [-0.39, 0.29) is 39.9 Å². The maximum atomic E-state index is 13.6. The molecule has 2 aromatic carbocycles. The van der Waals surface area contributed by atoms with Crippen LogP contribution in [0.3, 0.4) is 0 Å². The van der Waals surface area contributed by atoms with E-state index in [1.54, 1.807) is 25.1 Å². The van der Waals surface area contributed by atoms with Gasteiger partial charge in [0.2, 0.25) is 5.91 Å². The molecule has 2 fully saturated rings. The maximum Gasteiger partial charge on any atom is 0.335 e. The first-order valence-corrected chi connectivity index (χ1v) is 15.2. The number of Topliss-reactive ketones (excluding diaryl/α,β-unsaturated/α-hetero) is 1. The number of hydrogen-bond donors (Lipinski definition) is 4. The van der Waals surface area contributed by atoms with E-state index in [1.165, 1.54) is 23.9 Å². The summed E-state index contributed by atoms with van der Waals surface area (Å²) in [7, 11) is 0. The summed E-state index contributed by atoms with van der Waals surface area (Å²) in [5, 5.41) is 33.2. The third-order valence-corrected chi connectivity index (χ3v) is 10.4. The number of carbonyl (C=O) groups excluding carboxylic acids is 2. The van der Waals surface area contributed by atoms with Crippen molar-refractivity contribution < 1.29 is 34.5 Å². The number of rotatable bonds is 9. The van der Waals surface area contributed by atoms with Gasteiger partial charge in [0.25, 0.3) is 0 Å². The zero-order valence-electron chi connectivity index (χ0n) is 23.2. The highest BCUT2D eigenvalue weighted by Gasteiger charge is 2.54. The molecular formula is C31H33ClN2O7S. The van der Waals surface area contributed by atoms with Gasteiger partial charge < -0.3 is 20.6 Å². The van der Waals surface area contributed by atoms with Gasteiger partial charge in [-0.05, 0) is 72.4 Å². The molecular weight excluding hydrogens is 580 g/mol. The zero-order valence-corrected chi connectivity index (χ0v) is 24.8. The molecule has 9 nitrogen and oxygen atoms in total. The molecule has 1 amide bonds. The monoisotopic (exact) mass is 612 g/mol. The fourth-order valence-electron chi connectivity index (χ4n) is 6.78. The Morgan fingerprint density at radius 1 is 1.10 bits per heavy atom. The number of likely N-dealkylation sites (tertiary alicyclic amines) is 1. The molecule has 42 heavy (non-hydrogen) atoms. The number of benzene rings is 2. The summed E-state index contributed by atoms with van der Waals surface area (Å²) in [5.41, 5.74) is 1.47. The molecule has 2 bridgehead atoms. The van der Waals surface area contributed by atoms with Gasteiger partial charge in [-0.2, -0.15) is 0 Å². The average molecular weight is 613 g/mol. The van der Waals surface area contributed by atoms with Crippen LogP contribution in [0.15, 0.2) is 59.0 Å². The number of aliphatic hydroxyl groups is 1. The number of fused-ring (bicyclic) bond motifs is 2. The highest BCUT2D eigenvalue weighted by atomic mass is 35.5. The lowest BCUT2D eigenvalue weighted by atomic mass is 9.78. The van der Waals surface area contributed by atoms with E-state index in [4.69, 9.17) is 11.6 Å². The summed E-state index contributed by atoms with van der Waals surface area (Å²) < 4.78 is 0. The highest BCUT2D eigenvalue weighted by Crippen LogP contribution is 2.54. The predicted octanol–water partition coefficient (Wildman–Crippen LogP) is 4.54. The van der Waals surface area contributed by atoms with Crippen LogP contribution in [0.4, 0.5) is 5.69 Å². The van der Waals surface area contributed by atoms with Crippen LogP contribution in [0.25, 0.3) is 0 Å². The molecule has 0 radical (unpaired) electrons. The number of thioether (sulfide) groups is 1. The molecule has 5 rings (SSSR count). The van der Waals surface area contributed by atoms with Gasteiger partial charge in [-0.25, -0.2) is 9.59 Å². The average Bonchev–Trinajstić information content (AvgIpc) is 3.46. The van der Waals surface area contributed by atoms with E-state index >= 15 is 0 Å². The first-order valence-electron chi connectivity index (χ1n) is 13.9. The number of carboxylic acid groups (broad SMARTS) is 2. The minimum Gasteiger partial charge on any atom is -0.478 e. The Balaban J connectivity index is 1.42. The van der Waals surface area contributed by atoms with E-state index in [2.05, 4.69) is 5.32 Å². The zero-order chi connectivity index (χ0) is 30.3. The number of nitrogens with one attached hydrogen (secondary N) is 1. The Bertz CT molecular complexity index is 1460. The standard InChI is InChI=1S/C31H33ClN2O7S/c1-15-22-12-23(27(36)25(22)16(2)35)26(31(40)41)28(15)42-21-11-24(34(14-21)13-17-5-3-7-19(32)9-17)29(37)33-20-8-4-6-18(10-20)30(38)39/h3-10,15-16,21-25,35H,11-14H2,1-2H3,(H,33,37)(H,38,39)(H,40,41)/t15-,16-,21+,22?,23+,24+,25-/m1/s1. The van der Waals surface area contributed by atoms with Crippen molar-refractivity contribution in [1.29, 1.82) is 0 Å². The molecule has 1 aliphatic heterocycles. The van der Waals surface area contributed by atoms with Crippen LogP contribution in [0.2, 0.25) is 5.02 Å². The highest BCUT2D eigenvalue weighted by molar-refractivity contribution is 8.03. The number of halogens is 1. The van der Waals surface area contributed by atoms with Crippen LogP contribution < -0.4 is 5.32 Å². The van der Waals surface area contributed by atoms with Gasteiger partial charge in [0.1, 0.15) is 5.78 Å². The molecule has 1 saturated heterocycles. The van der Waals surface area contributed by atoms with Gasteiger partial charge in [-0.3, -0.25) is 14.5 Å². The summed E-state index contributed by atoms with van der Waals surface area (Å²) in [6.07, 6.45) is -0.0171. The number of ketones is 1. The molecule has 1 unspecified atom stereocenters. The van der Waals surface area contributed by atoms with Crippen molar-refractivity contribution in [1.82, 2.24) is 4.90 Å². The van der Waals surface area contributed by atoms with Crippen LogP contribution >= 0.6 is 23.4 Å². The molecule has 222 valence electrons. The van der Waals surface area contributed by atoms with Crippen LogP contribution in [0.5, 0.6) is 0 Å². The Morgan fingerprint density at radius 2 is 1.83 bits per heavy atom. The van der Waals surface area contributed by atoms with E-state index in [9.17, 15) is 34.5 Å². The van der Waals surface area contributed by atoms with Gasteiger partial charge in [0.05, 0.1) is 29.2 Å². The summed E-state index contributed by atoms with van der Waals surface area (Å²) in [6.45, 7) is 4.43. The number of aliphatic hydroxyl groups excluding tert-OH is 1. The second-order valence-electron chi connectivity index (χ2n) is 11.4. The molecule has 2 aliphatic carbocycles. The van der Waals surface area contributed by atoms with Crippen molar-refractivity contribution >= 4 is 52.7 Å². The normalized spacial score (nSPS) is 28.1. The van der Waals surface area contributed by atoms with E-state index in [0.29, 0.717) is 41.5 Å². The lowest BCUT2D eigenvalue weighted by Crippen LogP contribution is -2.39. The van der Waals surface area contributed by atoms with E-state index in [0.717, 1.165) is 5.56 Å². The Hall–Kier alpha value is -3.18. The molecule has 4 N–H and O–H groups in total. The molecule has 1 heterocycles. The minimum absolute atomic E-state index is 0.0579. The first kappa shape index (κ1) is 30.3. The molecule has 0 aromatic heterocycles. The summed E-state index contributed by atoms with van der Waals surface area (Å²) in [4.78, 5) is 53.3. The summed E-state index contributed by atoms with van der Waals surface area (Å²) >= 11 is 7.64. The fraction of sp³-hybridized carbons (Fsp3) is 0.419. The van der Waals surface area contributed by atoms with Gasteiger partial charge in [0, 0.05) is 35.0 Å². The second-order valence-corrected chi connectivity index (χ2v) is 13.2. The van der Waals surface area contributed by atoms with Crippen molar-refractivity contribution in [2.75, 3.05) is 11.9 Å². The third-order valence-electron chi connectivity index (χ3n) is 8.67. The number of amides is 1. The van der Waals surface area contributed by atoms with Crippen LogP contribution in [0, 0.1) is 23.7 Å². The SMILES string of the molecule is C[C@H]1C(S[C@H]2C[C@@H](C(=O)Nc3cccc(C(=O)O)c3)N(Cc3cccc(Cl)c3)C2)=C(C(=O)O)[C@@H]2CC1[C@@H]([C@@H](C)O)C2=O. The largest absolute Gasteiger partial charge is 0.478 e. The molecule has 1 saturated carbocycles. The Morgan fingerprint density at radius 3 is 2.50 bits per heavy atom. The Labute approximate surface area is 252 Å². The number of carboxylic acids is 2. The van der Waals surface area contributed by atoms with E-state index in [1.807, 2.05) is 30.0 Å². The lowest BCUT2D eigenvalue weighted by Gasteiger charge is -2.32. The van der Waals surface area contributed by atoms with E-state index < -0.39 is 35.9 Å². The number of carbonyl (C=O) groups is 4. The van der Waals surface area contributed by atoms with Crippen LogP contribution in [0.1, 0.15) is 42.6 Å². The van der Waals surface area contributed by atoms with Crippen LogP contribution in [-0.2, 0) is 20.9 Å². The third kappa shape index (κ3) is 5.99. The fourth-order valence-corrected chi connectivity index (χ4v) is 8.65. The van der Waals surface area contributed by atoms with Crippen molar-refractivity contribution in [3.8, 4) is 0 Å².